The molecule has 29 heavy (non-hydrogen) atoms. The summed E-state index contributed by atoms with van der Waals surface area (Å²) in [5.41, 5.74) is 4.11. The van der Waals surface area contributed by atoms with Crippen LogP contribution in [0, 0.1) is 22.7 Å². The summed E-state index contributed by atoms with van der Waals surface area (Å²) in [6, 6.07) is 2.09. The molecule has 0 N–H and O–H groups in total. The van der Waals surface area contributed by atoms with Crippen LogP contribution in [0.25, 0.3) is 17.2 Å². The Balaban J connectivity index is 2.04. The summed E-state index contributed by atoms with van der Waals surface area (Å²) >= 11 is 0. The molecule has 0 aliphatic heterocycles. The molecule has 0 amide bonds. The molecule has 0 spiro atoms. The molecule has 1 aromatic rings. The van der Waals surface area contributed by atoms with E-state index in [9.17, 15) is 0 Å². The van der Waals surface area contributed by atoms with Crippen LogP contribution in [0.5, 0.6) is 0 Å². The molecule has 0 bridgehead atoms. The second-order valence-electron chi connectivity index (χ2n) is 9.52. The molecule has 3 aliphatic carbocycles. The van der Waals surface area contributed by atoms with Gasteiger partial charge in [-0.1, -0.05) is 57.9 Å². The third-order valence-electron chi connectivity index (χ3n) is 7.88. The zero-order chi connectivity index (χ0) is 21.0. The van der Waals surface area contributed by atoms with Gasteiger partial charge in [0.15, 0.2) is 0 Å². The minimum Gasteiger partial charge on any atom is -0.256 e. The zero-order valence-electron chi connectivity index (χ0n) is 18.8. The molecule has 3 unspecified atom stereocenters. The van der Waals surface area contributed by atoms with Crippen LogP contribution in [0.4, 0.5) is 4.39 Å². The maximum Gasteiger partial charge on any atom is 0.123 e. The monoisotopic (exact) mass is 391 g/mol. The standard InChI is InChI=1S/C27H34FN/c1-7-10-14-27(16-19(27)9-3)20-11-12-21(28)24-23(20)25-22(17(4)26(24,5)6)18(8-2)13-15-29-25/h8,10,12-15,19-20H,7,9,11,16H2,1-6H3/b14-10?,18-8-. The fourth-order valence-electron chi connectivity index (χ4n) is 5.94. The number of halogens is 1. The fourth-order valence-corrected chi connectivity index (χ4v) is 5.94. The molecular weight excluding hydrogens is 357 g/mol. The number of pyridine rings is 1. The van der Waals surface area contributed by atoms with Gasteiger partial charge < -0.3 is 0 Å². The number of hydrogen-bond donors (Lipinski definition) is 0. The van der Waals surface area contributed by atoms with Gasteiger partial charge in [0.25, 0.3) is 0 Å². The lowest BCUT2D eigenvalue weighted by atomic mass is 9.63. The van der Waals surface area contributed by atoms with Crippen molar-refractivity contribution in [3.05, 3.63) is 58.0 Å². The average molecular weight is 392 g/mol. The van der Waals surface area contributed by atoms with Crippen molar-refractivity contribution in [1.82, 2.24) is 4.98 Å². The SMILES string of the molecule is C/C=c1/ccnc2c1=C(C)C(C)(C)C1=C2C(C2(C=CCC)CC2CC)CC=C1F. The number of aromatic nitrogens is 1. The Labute approximate surface area is 174 Å². The number of fused-ring (bicyclic) bond motifs is 2. The van der Waals surface area contributed by atoms with Gasteiger partial charge in [-0.05, 0) is 73.3 Å². The molecule has 0 saturated heterocycles. The average Bonchev–Trinajstić information content (AvgIpc) is 3.44. The van der Waals surface area contributed by atoms with Crippen molar-refractivity contribution >= 4 is 17.2 Å². The molecule has 1 nitrogen and oxygen atoms in total. The largest absolute Gasteiger partial charge is 0.256 e. The van der Waals surface area contributed by atoms with Gasteiger partial charge in [0, 0.05) is 22.4 Å². The lowest BCUT2D eigenvalue weighted by molar-refractivity contribution is 0.401. The van der Waals surface area contributed by atoms with Gasteiger partial charge in [0.1, 0.15) is 5.83 Å². The smallest absolute Gasteiger partial charge is 0.123 e. The molecule has 3 atom stereocenters. The van der Waals surface area contributed by atoms with Crippen LogP contribution in [0.15, 0.2) is 41.9 Å². The van der Waals surface area contributed by atoms with Crippen molar-refractivity contribution in [1.29, 1.82) is 0 Å². The van der Waals surface area contributed by atoms with E-state index in [4.69, 9.17) is 4.98 Å². The topological polar surface area (TPSA) is 12.9 Å². The highest BCUT2D eigenvalue weighted by Gasteiger charge is 2.58. The van der Waals surface area contributed by atoms with Gasteiger partial charge in [-0.2, -0.15) is 0 Å². The summed E-state index contributed by atoms with van der Waals surface area (Å²) in [5, 5.41) is 2.43. The molecule has 0 radical (unpaired) electrons. The number of allylic oxidation sites excluding steroid dienone is 6. The van der Waals surface area contributed by atoms with Crippen molar-refractivity contribution < 1.29 is 4.39 Å². The highest BCUT2D eigenvalue weighted by Crippen LogP contribution is 2.67. The third-order valence-corrected chi connectivity index (χ3v) is 7.88. The number of hydrogen-bond acceptors (Lipinski definition) is 1. The molecule has 1 heterocycles. The summed E-state index contributed by atoms with van der Waals surface area (Å²) in [5.74, 6) is 0.941. The maximum absolute atomic E-state index is 15.4. The Morgan fingerprint density at radius 3 is 2.66 bits per heavy atom. The van der Waals surface area contributed by atoms with Crippen LogP contribution in [-0.4, -0.2) is 4.98 Å². The molecule has 1 fully saturated rings. The molecule has 1 aromatic heterocycles. The Kier molecular flexibility index (Phi) is 4.96. The lowest BCUT2D eigenvalue weighted by Crippen LogP contribution is -2.42. The fraction of sp³-hybridized carbons (Fsp3) is 0.519. The molecule has 154 valence electrons. The van der Waals surface area contributed by atoms with Crippen LogP contribution >= 0.6 is 0 Å². The first-order chi connectivity index (χ1) is 13.8. The number of rotatable bonds is 4. The summed E-state index contributed by atoms with van der Waals surface area (Å²) in [7, 11) is 0. The summed E-state index contributed by atoms with van der Waals surface area (Å²) in [4.78, 5) is 4.87. The summed E-state index contributed by atoms with van der Waals surface area (Å²) in [6.07, 6.45) is 14.9. The van der Waals surface area contributed by atoms with E-state index in [1.54, 1.807) is 0 Å². The minimum atomic E-state index is -0.339. The predicted octanol–water partition coefficient (Wildman–Crippen LogP) is 6.10. The first-order valence-corrected chi connectivity index (χ1v) is 11.2. The third kappa shape index (κ3) is 2.82. The van der Waals surface area contributed by atoms with E-state index < -0.39 is 0 Å². The van der Waals surface area contributed by atoms with Crippen molar-refractivity contribution in [3.63, 3.8) is 0 Å². The van der Waals surface area contributed by atoms with Crippen molar-refractivity contribution in [2.24, 2.45) is 22.7 Å². The van der Waals surface area contributed by atoms with Gasteiger partial charge in [0.2, 0.25) is 0 Å². The van der Waals surface area contributed by atoms with Gasteiger partial charge in [-0.3, -0.25) is 4.98 Å². The van der Waals surface area contributed by atoms with Crippen molar-refractivity contribution in [3.8, 4) is 0 Å². The van der Waals surface area contributed by atoms with Crippen LogP contribution < -0.4 is 10.4 Å². The molecule has 3 aliphatic rings. The zero-order valence-corrected chi connectivity index (χ0v) is 18.8. The van der Waals surface area contributed by atoms with E-state index in [0.717, 1.165) is 24.1 Å². The van der Waals surface area contributed by atoms with E-state index in [0.29, 0.717) is 11.8 Å². The van der Waals surface area contributed by atoms with Gasteiger partial charge in [-0.25, -0.2) is 4.39 Å². The first-order valence-electron chi connectivity index (χ1n) is 11.2. The van der Waals surface area contributed by atoms with Crippen LogP contribution in [0.2, 0.25) is 0 Å². The Bertz CT molecular complexity index is 1050. The Hall–Kier alpha value is -1.96. The molecule has 4 rings (SSSR count). The highest BCUT2D eigenvalue weighted by atomic mass is 19.1. The molecule has 0 aromatic carbocycles. The van der Waals surface area contributed by atoms with Crippen LogP contribution in [0.3, 0.4) is 0 Å². The first kappa shape index (κ1) is 20.3. The summed E-state index contributed by atoms with van der Waals surface area (Å²) < 4.78 is 15.4. The predicted molar refractivity (Wildman–Crippen MR) is 121 cm³/mol. The van der Waals surface area contributed by atoms with Crippen molar-refractivity contribution in [2.45, 2.75) is 67.2 Å². The minimum absolute atomic E-state index is 0.0396. The molecular formula is C27H34FN. The van der Waals surface area contributed by atoms with E-state index in [1.807, 2.05) is 12.3 Å². The highest BCUT2D eigenvalue weighted by molar-refractivity contribution is 5.83. The van der Waals surface area contributed by atoms with Gasteiger partial charge in [-0.15, -0.1) is 0 Å². The lowest BCUT2D eigenvalue weighted by Gasteiger charge is -2.41. The second kappa shape index (κ2) is 7.07. The van der Waals surface area contributed by atoms with E-state index in [1.165, 1.54) is 34.4 Å². The number of nitrogens with zero attached hydrogens (tertiary/aromatic N) is 1. The second-order valence-corrected chi connectivity index (χ2v) is 9.52. The Morgan fingerprint density at radius 2 is 2.03 bits per heavy atom. The van der Waals surface area contributed by atoms with Crippen molar-refractivity contribution in [2.75, 3.05) is 0 Å². The Morgan fingerprint density at radius 1 is 1.28 bits per heavy atom. The van der Waals surface area contributed by atoms with Crippen LogP contribution in [-0.2, 0) is 0 Å². The molecule has 1 saturated carbocycles. The molecule has 2 heteroatoms. The van der Waals surface area contributed by atoms with E-state index in [-0.39, 0.29) is 16.7 Å². The van der Waals surface area contributed by atoms with E-state index in [2.05, 4.69) is 65.8 Å². The normalized spacial score (nSPS) is 31.1. The van der Waals surface area contributed by atoms with E-state index >= 15 is 4.39 Å². The quantitative estimate of drug-likeness (QED) is 0.565. The van der Waals surface area contributed by atoms with Gasteiger partial charge in [0.05, 0.1) is 5.69 Å². The van der Waals surface area contributed by atoms with Crippen LogP contribution in [0.1, 0.15) is 72.9 Å². The summed E-state index contributed by atoms with van der Waals surface area (Å²) in [6.45, 7) is 13.1. The maximum atomic E-state index is 15.4. The van der Waals surface area contributed by atoms with Gasteiger partial charge >= 0.3 is 0 Å².